The second-order valence-electron chi connectivity index (χ2n) is 4.74. The Labute approximate surface area is 108 Å². The van der Waals surface area contributed by atoms with Crippen LogP contribution in [0.15, 0.2) is 18.5 Å². The van der Waals surface area contributed by atoms with Crippen LogP contribution in [-0.2, 0) is 9.84 Å². The van der Waals surface area contributed by atoms with Crippen molar-refractivity contribution in [1.82, 2.24) is 4.98 Å². The summed E-state index contributed by atoms with van der Waals surface area (Å²) in [4.78, 5) is 4.02. The van der Waals surface area contributed by atoms with E-state index in [1.807, 2.05) is 6.92 Å². The molecular formula is C12H20N2O3S. The van der Waals surface area contributed by atoms with Crippen LogP contribution in [0.1, 0.15) is 32.4 Å². The highest BCUT2D eigenvalue weighted by Gasteiger charge is 2.38. The van der Waals surface area contributed by atoms with Gasteiger partial charge in [0.1, 0.15) is 5.75 Å². The van der Waals surface area contributed by atoms with Gasteiger partial charge in [-0.05, 0) is 32.4 Å². The number of hydrogen-bond donors (Lipinski definition) is 1. The molecule has 1 aromatic rings. The van der Waals surface area contributed by atoms with Crippen molar-refractivity contribution in [1.29, 1.82) is 0 Å². The molecule has 0 amide bonds. The standard InChI is InChI=1S/C12H20N2O3S/c1-5-17-10-6-9(7-14-8-10)11(13)12(2,3)18(4,15)16/h6-8,11H,5,13H2,1-4H3. The highest BCUT2D eigenvalue weighted by atomic mass is 32.2. The molecule has 0 aliphatic rings. The lowest BCUT2D eigenvalue weighted by molar-refractivity contribution is 0.337. The zero-order chi connectivity index (χ0) is 14.0. The van der Waals surface area contributed by atoms with Crippen molar-refractivity contribution in [3.8, 4) is 5.75 Å². The first-order valence-corrected chi connectivity index (χ1v) is 7.62. The minimum atomic E-state index is -3.27. The van der Waals surface area contributed by atoms with Gasteiger partial charge in [-0.1, -0.05) is 0 Å². The minimum Gasteiger partial charge on any atom is -0.492 e. The fourth-order valence-corrected chi connectivity index (χ4v) is 2.08. The lowest BCUT2D eigenvalue weighted by atomic mass is 9.97. The fraction of sp³-hybridized carbons (Fsp3) is 0.583. The van der Waals surface area contributed by atoms with Crippen molar-refractivity contribution in [3.05, 3.63) is 24.0 Å². The predicted octanol–water partition coefficient (Wildman–Crippen LogP) is 1.30. The molecule has 0 aliphatic heterocycles. The molecule has 5 nitrogen and oxygen atoms in total. The molecule has 0 aliphatic carbocycles. The van der Waals surface area contributed by atoms with Gasteiger partial charge in [0.15, 0.2) is 9.84 Å². The molecule has 0 aromatic carbocycles. The molecule has 0 saturated heterocycles. The molecule has 0 radical (unpaired) electrons. The highest BCUT2D eigenvalue weighted by molar-refractivity contribution is 7.92. The zero-order valence-electron chi connectivity index (χ0n) is 11.2. The summed E-state index contributed by atoms with van der Waals surface area (Å²) in [6.07, 6.45) is 4.33. The van der Waals surface area contributed by atoms with Gasteiger partial charge in [0.2, 0.25) is 0 Å². The summed E-state index contributed by atoms with van der Waals surface area (Å²) < 4.78 is 27.8. The lowest BCUT2D eigenvalue weighted by Crippen LogP contribution is -2.42. The molecule has 6 heteroatoms. The Morgan fingerprint density at radius 1 is 1.44 bits per heavy atom. The molecule has 2 N–H and O–H groups in total. The monoisotopic (exact) mass is 272 g/mol. The summed E-state index contributed by atoms with van der Waals surface area (Å²) in [5.74, 6) is 0.592. The average molecular weight is 272 g/mol. The van der Waals surface area contributed by atoms with Gasteiger partial charge >= 0.3 is 0 Å². The Balaban J connectivity index is 3.11. The molecule has 0 spiro atoms. The topological polar surface area (TPSA) is 82.3 Å². The Kier molecular flexibility index (Phi) is 4.34. The maximum Gasteiger partial charge on any atom is 0.154 e. The third-order valence-corrected chi connectivity index (χ3v) is 5.27. The summed E-state index contributed by atoms with van der Waals surface area (Å²) in [7, 11) is -3.27. The number of nitrogens with zero attached hydrogens (tertiary/aromatic N) is 1. The molecule has 1 rings (SSSR count). The minimum absolute atomic E-state index is 0.524. The third-order valence-electron chi connectivity index (χ3n) is 3.11. The van der Waals surface area contributed by atoms with Crippen molar-refractivity contribution in [2.75, 3.05) is 12.9 Å². The van der Waals surface area contributed by atoms with E-state index in [9.17, 15) is 8.42 Å². The molecule has 1 heterocycles. The number of rotatable bonds is 5. The van der Waals surface area contributed by atoms with E-state index in [4.69, 9.17) is 10.5 Å². The van der Waals surface area contributed by atoms with Crippen molar-refractivity contribution >= 4 is 9.84 Å². The number of pyridine rings is 1. The summed E-state index contributed by atoms with van der Waals surface area (Å²) in [6, 6.07) is 1.08. The third kappa shape index (κ3) is 3.00. The molecule has 1 aromatic heterocycles. The fourth-order valence-electron chi connectivity index (χ4n) is 1.48. The second-order valence-corrected chi connectivity index (χ2v) is 7.34. The van der Waals surface area contributed by atoms with E-state index in [1.54, 1.807) is 32.3 Å². The lowest BCUT2D eigenvalue weighted by Gasteiger charge is -2.29. The van der Waals surface area contributed by atoms with E-state index >= 15 is 0 Å². The van der Waals surface area contributed by atoms with E-state index in [1.165, 1.54) is 6.26 Å². The number of aromatic nitrogens is 1. The van der Waals surface area contributed by atoms with Crippen LogP contribution in [-0.4, -0.2) is 31.0 Å². The van der Waals surface area contributed by atoms with Crippen molar-refractivity contribution in [2.45, 2.75) is 31.6 Å². The van der Waals surface area contributed by atoms with Gasteiger partial charge in [-0.3, -0.25) is 4.98 Å². The van der Waals surface area contributed by atoms with Crippen LogP contribution in [0.5, 0.6) is 5.75 Å². The van der Waals surface area contributed by atoms with E-state index in [-0.39, 0.29) is 0 Å². The van der Waals surface area contributed by atoms with Crippen LogP contribution in [0.4, 0.5) is 0 Å². The van der Waals surface area contributed by atoms with E-state index in [0.29, 0.717) is 17.9 Å². The molecular weight excluding hydrogens is 252 g/mol. The first kappa shape index (κ1) is 14.9. The van der Waals surface area contributed by atoms with Gasteiger partial charge in [0.05, 0.1) is 23.6 Å². The Bertz CT molecular complexity index is 512. The first-order chi connectivity index (χ1) is 8.20. The van der Waals surface area contributed by atoms with Crippen molar-refractivity contribution in [3.63, 3.8) is 0 Å². The number of hydrogen-bond acceptors (Lipinski definition) is 5. The summed E-state index contributed by atoms with van der Waals surface area (Å²) in [6.45, 7) is 5.61. The van der Waals surface area contributed by atoms with Crippen LogP contribution >= 0.6 is 0 Å². The molecule has 0 saturated carbocycles. The maximum absolute atomic E-state index is 11.7. The summed E-state index contributed by atoms with van der Waals surface area (Å²) in [5.41, 5.74) is 6.70. The molecule has 18 heavy (non-hydrogen) atoms. The SMILES string of the molecule is CCOc1cncc(C(N)C(C)(C)S(C)(=O)=O)c1. The number of sulfone groups is 1. The largest absolute Gasteiger partial charge is 0.492 e. The average Bonchev–Trinajstić information content (AvgIpc) is 2.27. The van der Waals surface area contributed by atoms with Gasteiger partial charge in [0, 0.05) is 12.5 Å². The maximum atomic E-state index is 11.7. The van der Waals surface area contributed by atoms with Gasteiger partial charge in [0.25, 0.3) is 0 Å². The van der Waals surface area contributed by atoms with Crippen LogP contribution in [0.3, 0.4) is 0 Å². The van der Waals surface area contributed by atoms with Gasteiger partial charge in [-0.2, -0.15) is 0 Å². The summed E-state index contributed by atoms with van der Waals surface area (Å²) in [5, 5.41) is 0. The van der Waals surface area contributed by atoms with E-state index in [0.717, 1.165) is 0 Å². The van der Waals surface area contributed by atoms with Gasteiger partial charge in [-0.25, -0.2) is 8.42 Å². The van der Waals surface area contributed by atoms with E-state index < -0.39 is 20.6 Å². The molecule has 0 fully saturated rings. The molecule has 1 unspecified atom stereocenters. The number of nitrogens with two attached hydrogens (primary N) is 1. The Morgan fingerprint density at radius 3 is 2.56 bits per heavy atom. The summed E-state index contributed by atoms with van der Waals surface area (Å²) >= 11 is 0. The van der Waals surface area contributed by atoms with Crippen LogP contribution in [0.2, 0.25) is 0 Å². The van der Waals surface area contributed by atoms with Crippen LogP contribution in [0, 0.1) is 0 Å². The van der Waals surface area contributed by atoms with Crippen LogP contribution < -0.4 is 10.5 Å². The molecule has 102 valence electrons. The zero-order valence-corrected chi connectivity index (χ0v) is 12.0. The van der Waals surface area contributed by atoms with Gasteiger partial charge < -0.3 is 10.5 Å². The second kappa shape index (κ2) is 5.24. The Morgan fingerprint density at radius 2 is 2.06 bits per heavy atom. The Hall–Kier alpha value is -1.14. The van der Waals surface area contributed by atoms with Crippen molar-refractivity contribution < 1.29 is 13.2 Å². The molecule has 1 atom stereocenters. The number of ether oxygens (including phenoxy) is 1. The van der Waals surface area contributed by atoms with Crippen LogP contribution in [0.25, 0.3) is 0 Å². The normalized spacial score (nSPS) is 14.3. The molecule has 0 bridgehead atoms. The predicted molar refractivity (Wildman–Crippen MR) is 71.3 cm³/mol. The highest BCUT2D eigenvalue weighted by Crippen LogP contribution is 2.31. The van der Waals surface area contributed by atoms with E-state index in [2.05, 4.69) is 4.98 Å². The smallest absolute Gasteiger partial charge is 0.154 e. The van der Waals surface area contributed by atoms with Crippen molar-refractivity contribution in [2.24, 2.45) is 5.73 Å². The van der Waals surface area contributed by atoms with Gasteiger partial charge in [-0.15, -0.1) is 0 Å². The first-order valence-electron chi connectivity index (χ1n) is 5.73. The quantitative estimate of drug-likeness (QED) is 0.873.